The first kappa shape index (κ1) is 11.4. The SMILES string of the molecule is CC(C(C)N1CCCC1)N1CCCCC1. The molecule has 2 atom stereocenters. The van der Waals surface area contributed by atoms with Gasteiger partial charge in [-0.25, -0.2) is 0 Å². The summed E-state index contributed by atoms with van der Waals surface area (Å²) < 4.78 is 0. The minimum absolute atomic E-state index is 0.753. The van der Waals surface area contributed by atoms with Gasteiger partial charge in [0.25, 0.3) is 0 Å². The van der Waals surface area contributed by atoms with Crippen molar-refractivity contribution < 1.29 is 0 Å². The summed E-state index contributed by atoms with van der Waals surface area (Å²) in [7, 11) is 0. The van der Waals surface area contributed by atoms with Gasteiger partial charge in [0.2, 0.25) is 0 Å². The summed E-state index contributed by atoms with van der Waals surface area (Å²) in [5.41, 5.74) is 0. The molecule has 0 spiro atoms. The van der Waals surface area contributed by atoms with Gasteiger partial charge in [-0.05, 0) is 65.7 Å². The molecular formula is C13H26N2. The van der Waals surface area contributed by atoms with Crippen LogP contribution in [0.2, 0.25) is 0 Å². The Morgan fingerprint density at radius 3 is 1.33 bits per heavy atom. The van der Waals surface area contributed by atoms with E-state index in [1.165, 1.54) is 58.3 Å². The molecule has 2 fully saturated rings. The van der Waals surface area contributed by atoms with Crippen LogP contribution in [0.5, 0.6) is 0 Å². The zero-order chi connectivity index (χ0) is 10.7. The summed E-state index contributed by atoms with van der Waals surface area (Å²) in [6, 6.07) is 1.51. The molecule has 0 aliphatic carbocycles. The molecular weight excluding hydrogens is 184 g/mol. The maximum absolute atomic E-state index is 2.70. The van der Waals surface area contributed by atoms with Crippen molar-refractivity contribution in [2.45, 2.75) is 58.0 Å². The Kier molecular flexibility index (Phi) is 4.04. The zero-order valence-electron chi connectivity index (χ0n) is 10.4. The monoisotopic (exact) mass is 210 g/mol. The first-order chi connectivity index (χ1) is 7.29. The first-order valence-electron chi connectivity index (χ1n) is 6.77. The zero-order valence-corrected chi connectivity index (χ0v) is 10.4. The lowest BCUT2D eigenvalue weighted by molar-refractivity contribution is 0.0954. The van der Waals surface area contributed by atoms with Crippen molar-refractivity contribution in [3.8, 4) is 0 Å². The third kappa shape index (κ3) is 2.73. The van der Waals surface area contributed by atoms with Crippen molar-refractivity contribution >= 4 is 0 Å². The highest BCUT2D eigenvalue weighted by atomic mass is 15.2. The lowest BCUT2D eigenvalue weighted by Crippen LogP contribution is -2.49. The maximum Gasteiger partial charge on any atom is 0.0220 e. The van der Waals surface area contributed by atoms with E-state index < -0.39 is 0 Å². The molecule has 0 saturated carbocycles. The Hall–Kier alpha value is -0.0800. The second-order valence-electron chi connectivity index (χ2n) is 5.32. The Morgan fingerprint density at radius 2 is 0.933 bits per heavy atom. The van der Waals surface area contributed by atoms with E-state index in [-0.39, 0.29) is 0 Å². The van der Waals surface area contributed by atoms with Crippen LogP contribution < -0.4 is 0 Å². The highest BCUT2D eigenvalue weighted by Crippen LogP contribution is 2.20. The van der Waals surface area contributed by atoms with Crippen molar-refractivity contribution in [2.24, 2.45) is 0 Å². The van der Waals surface area contributed by atoms with Crippen LogP contribution in [-0.2, 0) is 0 Å². The van der Waals surface area contributed by atoms with E-state index in [0.717, 1.165) is 12.1 Å². The standard InChI is InChI=1S/C13H26N2/c1-12(14-8-4-3-5-9-14)13(2)15-10-6-7-11-15/h12-13H,3-11H2,1-2H3. The molecule has 0 amide bonds. The van der Waals surface area contributed by atoms with Gasteiger partial charge in [-0.15, -0.1) is 0 Å². The second-order valence-corrected chi connectivity index (χ2v) is 5.32. The molecule has 0 radical (unpaired) electrons. The van der Waals surface area contributed by atoms with E-state index in [4.69, 9.17) is 0 Å². The van der Waals surface area contributed by atoms with Gasteiger partial charge in [0.05, 0.1) is 0 Å². The van der Waals surface area contributed by atoms with Crippen molar-refractivity contribution in [1.82, 2.24) is 9.80 Å². The number of hydrogen-bond acceptors (Lipinski definition) is 2. The molecule has 2 saturated heterocycles. The Bertz CT molecular complexity index is 181. The summed E-state index contributed by atoms with van der Waals surface area (Å²) in [6.45, 7) is 10.2. The molecule has 0 aromatic carbocycles. The Morgan fingerprint density at radius 1 is 0.600 bits per heavy atom. The molecule has 0 N–H and O–H groups in total. The summed E-state index contributed by atoms with van der Waals surface area (Å²) in [5.74, 6) is 0. The molecule has 2 nitrogen and oxygen atoms in total. The number of hydrogen-bond donors (Lipinski definition) is 0. The summed E-state index contributed by atoms with van der Waals surface area (Å²) in [5, 5.41) is 0. The second kappa shape index (κ2) is 5.31. The van der Waals surface area contributed by atoms with Gasteiger partial charge in [-0.3, -0.25) is 9.80 Å². The molecule has 0 aromatic heterocycles. The predicted octanol–water partition coefficient (Wildman–Crippen LogP) is 2.35. The van der Waals surface area contributed by atoms with Gasteiger partial charge in [0, 0.05) is 12.1 Å². The van der Waals surface area contributed by atoms with E-state index in [0.29, 0.717) is 0 Å². The molecule has 0 aromatic rings. The smallest absolute Gasteiger partial charge is 0.0220 e. The first-order valence-corrected chi connectivity index (χ1v) is 6.77. The van der Waals surface area contributed by atoms with E-state index in [1.807, 2.05) is 0 Å². The van der Waals surface area contributed by atoms with Gasteiger partial charge in [-0.1, -0.05) is 6.42 Å². The molecule has 0 bridgehead atoms. The van der Waals surface area contributed by atoms with Crippen LogP contribution in [0, 0.1) is 0 Å². The third-order valence-electron chi connectivity index (χ3n) is 4.38. The molecule has 2 aliphatic rings. The van der Waals surface area contributed by atoms with Crippen LogP contribution in [0.3, 0.4) is 0 Å². The quantitative estimate of drug-likeness (QED) is 0.705. The van der Waals surface area contributed by atoms with Gasteiger partial charge < -0.3 is 0 Å². The number of piperidine rings is 1. The molecule has 2 rings (SSSR count). The Labute approximate surface area is 94.6 Å². The molecule has 2 heteroatoms. The van der Waals surface area contributed by atoms with Crippen LogP contribution >= 0.6 is 0 Å². The van der Waals surface area contributed by atoms with Crippen molar-refractivity contribution in [3.05, 3.63) is 0 Å². The highest BCUT2D eigenvalue weighted by Gasteiger charge is 2.27. The Balaban J connectivity index is 1.84. The topological polar surface area (TPSA) is 6.48 Å². The van der Waals surface area contributed by atoms with Crippen LogP contribution in [0.25, 0.3) is 0 Å². The fourth-order valence-electron chi connectivity index (χ4n) is 3.08. The minimum Gasteiger partial charge on any atom is -0.299 e. The van der Waals surface area contributed by atoms with Gasteiger partial charge >= 0.3 is 0 Å². The molecule has 2 heterocycles. The highest BCUT2D eigenvalue weighted by molar-refractivity contribution is 4.84. The fourth-order valence-corrected chi connectivity index (χ4v) is 3.08. The average Bonchev–Trinajstić information content (AvgIpc) is 2.82. The van der Waals surface area contributed by atoms with Crippen LogP contribution in [-0.4, -0.2) is 48.1 Å². The molecule has 88 valence electrons. The molecule has 2 unspecified atom stereocenters. The molecule has 2 aliphatic heterocycles. The van der Waals surface area contributed by atoms with Crippen LogP contribution in [0.15, 0.2) is 0 Å². The van der Waals surface area contributed by atoms with Gasteiger partial charge in [0.1, 0.15) is 0 Å². The van der Waals surface area contributed by atoms with Gasteiger partial charge in [-0.2, -0.15) is 0 Å². The van der Waals surface area contributed by atoms with Crippen LogP contribution in [0.1, 0.15) is 46.0 Å². The van der Waals surface area contributed by atoms with Crippen molar-refractivity contribution in [1.29, 1.82) is 0 Å². The van der Waals surface area contributed by atoms with Crippen LogP contribution in [0.4, 0.5) is 0 Å². The van der Waals surface area contributed by atoms with E-state index in [2.05, 4.69) is 23.6 Å². The molecule has 15 heavy (non-hydrogen) atoms. The normalized spacial score (nSPS) is 29.2. The van der Waals surface area contributed by atoms with E-state index in [1.54, 1.807) is 0 Å². The van der Waals surface area contributed by atoms with Crippen molar-refractivity contribution in [2.75, 3.05) is 26.2 Å². The maximum atomic E-state index is 2.70. The number of rotatable bonds is 3. The average molecular weight is 210 g/mol. The van der Waals surface area contributed by atoms with Gasteiger partial charge in [0.15, 0.2) is 0 Å². The number of likely N-dealkylation sites (tertiary alicyclic amines) is 2. The largest absolute Gasteiger partial charge is 0.299 e. The minimum atomic E-state index is 0.753. The number of nitrogens with zero attached hydrogens (tertiary/aromatic N) is 2. The predicted molar refractivity (Wildman–Crippen MR) is 65.2 cm³/mol. The summed E-state index contributed by atoms with van der Waals surface area (Å²) in [6.07, 6.45) is 7.10. The summed E-state index contributed by atoms with van der Waals surface area (Å²) in [4.78, 5) is 5.38. The van der Waals surface area contributed by atoms with E-state index in [9.17, 15) is 0 Å². The van der Waals surface area contributed by atoms with E-state index >= 15 is 0 Å². The van der Waals surface area contributed by atoms with Crippen molar-refractivity contribution in [3.63, 3.8) is 0 Å². The lowest BCUT2D eigenvalue weighted by atomic mass is 10.0. The third-order valence-corrected chi connectivity index (χ3v) is 4.38. The summed E-state index contributed by atoms with van der Waals surface area (Å²) >= 11 is 0. The lowest BCUT2D eigenvalue weighted by Gasteiger charge is -2.39. The fraction of sp³-hybridized carbons (Fsp3) is 1.00.